The van der Waals surface area contributed by atoms with Crippen LogP contribution in [0.15, 0.2) is 0 Å². The summed E-state index contributed by atoms with van der Waals surface area (Å²) < 4.78 is 1.12. The van der Waals surface area contributed by atoms with Gasteiger partial charge in [0, 0.05) is 0 Å². The summed E-state index contributed by atoms with van der Waals surface area (Å²) in [4.78, 5) is 0. The van der Waals surface area contributed by atoms with E-state index in [1.165, 1.54) is 109 Å². The zero-order valence-corrected chi connectivity index (χ0v) is 22.4. The summed E-state index contributed by atoms with van der Waals surface area (Å²) in [6.07, 6.45) is 23.4. The summed E-state index contributed by atoms with van der Waals surface area (Å²) in [5, 5.41) is 0. The molecule has 0 fully saturated rings. The molecule has 0 atom stereocenters. The molecule has 0 spiro atoms. The largest absolute Gasteiger partial charge is 1.00 e. The molecule has 4 heteroatoms. The van der Waals surface area contributed by atoms with Gasteiger partial charge in [-0.1, -0.05) is 96.8 Å². The average molecular weight is 584 g/mol. The third-order valence-electron chi connectivity index (χ3n) is 4.68. The van der Waals surface area contributed by atoms with E-state index in [2.05, 4.69) is 28.1 Å². The number of nitrogens with zero attached hydrogens (tertiary/aromatic N) is 1. The molecule has 0 aliphatic rings. The highest BCUT2D eigenvalue weighted by Crippen LogP contribution is 2.13. The van der Waals surface area contributed by atoms with Crippen LogP contribution in [0.2, 0.25) is 0 Å². The van der Waals surface area contributed by atoms with Crippen LogP contribution in [0.4, 0.5) is 0 Å². The van der Waals surface area contributed by atoms with Crippen LogP contribution in [-0.2, 0) is 0 Å². The molecular weight excluding hydrogens is 534 g/mol. The lowest BCUT2D eigenvalue weighted by molar-refractivity contribution is -0.870. The van der Waals surface area contributed by atoms with Crippen molar-refractivity contribution in [2.45, 2.75) is 110 Å². The topological polar surface area (TPSA) is 35.0 Å². The minimum Gasteiger partial charge on any atom is -1.00 e. The van der Waals surface area contributed by atoms with Crippen molar-refractivity contribution < 1.29 is 28.5 Å². The fourth-order valence-electron chi connectivity index (χ4n) is 3.13. The van der Waals surface area contributed by atoms with Gasteiger partial charge in [0.2, 0.25) is 0 Å². The van der Waals surface area contributed by atoms with Crippen LogP contribution in [0.25, 0.3) is 0 Å². The first-order chi connectivity index (χ1) is 10.6. The average Bonchev–Trinajstić information content (AvgIpc) is 2.45. The Balaban J connectivity index is -0.000000735. The van der Waals surface area contributed by atoms with Crippen molar-refractivity contribution in [2.75, 3.05) is 27.7 Å². The van der Waals surface area contributed by atoms with Crippen molar-refractivity contribution in [2.24, 2.45) is 0 Å². The van der Waals surface area contributed by atoms with Gasteiger partial charge in [-0.3, -0.25) is 0 Å². The molecule has 0 aromatic carbocycles. The third-order valence-corrected chi connectivity index (χ3v) is 4.68. The molecule has 0 aliphatic heterocycles. The van der Waals surface area contributed by atoms with Gasteiger partial charge < -0.3 is 34.6 Å². The predicted octanol–water partition coefficient (Wildman–Crippen LogP) is 4.74. The van der Waals surface area contributed by atoms with Gasteiger partial charge in [0.1, 0.15) is 0 Å². The quantitative estimate of drug-likeness (QED) is 0.150. The van der Waals surface area contributed by atoms with E-state index in [-0.39, 0.29) is 54.1 Å². The second kappa shape index (κ2) is 25.4. The Bertz CT molecular complexity index is 218. The van der Waals surface area contributed by atoms with E-state index in [9.17, 15) is 0 Å². The lowest BCUT2D eigenvalue weighted by Crippen LogP contribution is -3.00. The number of unbranched alkanes of at least 4 members (excludes halogenated alkanes) is 15. The molecule has 0 heterocycles. The maximum Gasteiger partial charge on any atom is 0.0780 e. The highest BCUT2D eigenvalue weighted by molar-refractivity contribution is 14.0. The van der Waals surface area contributed by atoms with Crippen LogP contribution < -0.4 is 30.1 Å². The van der Waals surface area contributed by atoms with Gasteiger partial charge in [0.05, 0.1) is 27.7 Å². The van der Waals surface area contributed by atoms with Gasteiger partial charge in [-0.2, -0.15) is 0 Å². The van der Waals surface area contributed by atoms with E-state index >= 15 is 0 Å². The maximum absolute atomic E-state index is 2.30. The Morgan fingerprint density at radius 3 is 0.960 bits per heavy atom. The maximum atomic E-state index is 2.30. The summed E-state index contributed by atoms with van der Waals surface area (Å²) >= 11 is 0. The van der Waals surface area contributed by atoms with Gasteiger partial charge in [-0.25, -0.2) is 0 Å². The lowest BCUT2D eigenvalue weighted by atomic mass is 10.0. The number of quaternary nitrogens is 1. The van der Waals surface area contributed by atoms with E-state index < -0.39 is 0 Å². The molecule has 0 saturated carbocycles. The lowest BCUT2D eigenvalue weighted by Gasteiger charge is -2.23. The molecule has 0 saturated heterocycles. The summed E-state index contributed by atoms with van der Waals surface area (Å²) in [6, 6.07) is 0. The van der Waals surface area contributed by atoms with Crippen molar-refractivity contribution in [3.8, 4) is 0 Å². The summed E-state index contributed by atoms with van der Waals surface area (Å²) in [5.41, 5.74) is 0. The first kappa shape index (κ1) is 33.9. The van der Waals surface area contributed by atoms with Gasteiger partial charge >= 0.3 is 0 Å². The Morgan fingerprint density at radius 1 is 0.480 bits per heavy atom. The first-order valence-electron chi connectivity index (χ1n) is 10.4. The van der Waals surface area contributed by atoms with Gasteiger partial charge in [0.25, 0.3) is 0 Å². The summed E-state index contributed by atoms with van der Waals surface area (Å²) in [6.45, 7) is 3.63. The number of hydrogen-bond donors (Lipinski definition) is 1. The predicted molar refractivity (Wildman–Crippen MR) is 123 cm³/mol. The molecule has 0 amide bonds. The Morgan fingerprint density at radius 2 is 0.720 bits per heavy atom. The first-order valence-corrected chi connectivity index (χ1v) is 10.4. The molecular formula is C21H50I2N2. The molecule has 0 aromatic rings. The number of hydrogen-bond acceptors (Lipinski definition) is 1. The SMILES string of the molecule is CCCCCCCCCCCCCCCCCC[N+](C)(C)C.I.N.[I-]. The van der Waals surface area contributed by atoms with Crippen molar-refractivity contribution in [1.29, 1.82) is 0 Å². The smallest absolute Gasteiger partial charge is 0.0780 e. The number of halogens is 2. The Kier molecular flexibility index (Phi) is 34.4. The fraction of sp³-hybridized carbons (Fsp3) is 1.00. The van der Waals surface area contributed by atoms with E-state index in [0.717, 1.165) is 4.48 Å². The molecule has 3 N–H and O–H groups in total. The second-order valence-electron chi connectivity index (χ2n) is 8.32. The summed E-state index contributed by atoms with van der Waals surface area (Å²) in [7, 11) is 6.89. The Hall–Kier alpha value is 1.38. The monoisotopic (exact) mass is 584 g/mol. The zero-order chi connectivity index (χ0) is 16.5. The second-order valence-corrected chi connectivity index (χ2v) is 8.32. The van der Waals surface area contributed by atoms with Gasteiger partial charge in [0.15, 0.2) is 0 Å². The van der Waals surface area contributed by atoms with Crippen molar-refractivity contribution in [1.82, 2.24) is 6.15 Å². The van der Waals surface area contributed by atoms with Gasteiger partial charge in [-0.15, -0.1) is 24.0 Å². The highest BCUT2D eigenvalue weighted by atomic mass is 127. The van der Waals surface area contributed by atoms with Gasteiger partial charge in [-0.05, 0) is 12.8 Å². The van der Waals surface area contributed by atoms with Crippen molar-refractivity contribution in [3.63, 3.8) is 0 Å². The van der Waals surface area contributed by atoms with E-state index in [1.807, 2.05) is 0 Å². The van der Waals surface area contributed by atoms with E-state index in [1.54, 1.807) is 0 Å². The number of rotatable bonds is 17. The van der Waals surface area contributed by atoms with E-state index in [4.69, 9.17) is 0 Å². The minimum atomic E-state index is 0. The summed E-state index contributed by atoms with van der Waals surface area (Å²) in [5.74, 6) is 0. The van der Waals surface area contributed by atoms with Crippen LogP contribution in [0, 0.1) is 0 Å². The van der Waals surface area contributed by atoms with Crippen LogP contribution in [0.5, 0.6) is 0 Å². The molecule has 0 bridgehead atoms. The normalized spacial score (nSPS) is 10.6. The van der Waals surface area contributed by atoms with Crippen LogP contribution in [0.1, 0.15) is 110 Å². The van der Waals surface area contributed by atoms with E-state index in [0.29, 0.717) is 0 Å². The van der Waals surface area contributed by atoms with Crippen LogP contribution in [0.3, 0.4) is 0 Å². The molecule has 0 aromatic heterocycles. The van der Waals surface area contributed by atoms with Crippen molar-refractivity contribution in [3.05, 3.63) is 0 Å². The van der Waals surface area contributed by atoms with Crippen molar-refractivity contribution >= 4 is 24.0 Å². The third kappa shape index (κ3) is 33.4. The van der Waals surface area contributed by atoms with Crippen LogP contribution in [-0.4, -0.2) is 32.2 Å². The highest BCUT2D eigenvalue weighted by Gasteiger charge is 2.04. The molecule has 25 heavy (non-hydrogen) atoms. The zero-order valence-electron chi connectivity index (χ0n) is 18.0. The molecule has 0 aliphatic carbocycles. The molecule has 0 unspecified atom stereocenters. The molecule has 0 rings (SSSR count). The Labute approximate surface area is 194 Å². The molecule has 0 radical (unpaired) electrons. The van der Waals surface area contributed by atoms with Crippen LogP contribution >= 0.6 is 24.0 Å². The standard InChI is InChI=1S/C21H46N.2HI.H3N/c1-5-6-7-8-9-10-11-12-13-14-15-16-17-18-19-20-21-22(2,3)4;;;/h5-21H2,1-4H3;2*1H;1H3/q+1;;;/p-1. The fourth-order valence-corrected chi connectivity index (χ4v) is 3.13. The molecule has 158 valence electrons. The minimum absolute atomic E-state index is 0. The molecule has 2 nitrogen and oxygen atoms in total.